The summed E-state index contributed by atoms with van der Waals surface area (Å²) in [7, 11) is 0. The van der Waals surface area contributed by atoms with Crippen molar-refractivity contribution in [2.24, 2.45) is 5.92 Å². The summed E-state index contributed by atoms with van der Waals surface area (Å²) in [6.45, 7) is 2.46. The van der Waals surface area contributed by atoms with Gasteiger partial charge in [0.2, 0.25) is 11.8 Å². The fourth-order valence-corrected chi connectivity index (χ4v) is 2.62. The summed E-state index contributed by atoms with van der Waals surface area (Å²) in [5.41, 5.74) is 0. The van der Waals surface area contributed by atoms with E-state index in [-0.39, 0.29) is 36.2 Å². The van der Waals surface area contributed by atoms with Gasteiger partial charge in [0.05, 0.1) is 0 Å². The van der Waals surface area contributed by atoms with Gasteiger partial charge in [-0.05, 0) is 39.0 Å². The van der Waals surface area contributed by atoms with Gasteiger partial charge in [-0.25, -0.2) is 0 Å². The van der Waals surface area contributed by atoms with Gasteiger partial charge < -0.3 is 15.3 Å². The van der Waals surface area contributed by atoms with Crippen LogP contribution in [0.1, 0.15) is 45.4 Å². The normalized spacial score (nSPS) is 23.4. The van der Waals surface area contributed by atoms with Crippen LogP contribution in [0.4, 0.5) is 0 Å². The predicted octanol–water partition coefficient (Wildman–Crippen LogP) is 0.757. The van der Waals surface area contributed by atoms with E-state index >= 15 is 0 Å². The van der Waals surface area contributed by atoms with E-state index in [1.165, 1.54) is 0 Å². The monoisotopic (exact) mass is 282 g/mol. The van der Waals surface area contributed by atoms with Crippen LogP contribution in [0.15, 0.2) is 0 Å². The number of nitrogens with one attached hydrogen (secondary N) is 1. The van der Waals surface area contributed by atoms with Crippen LogP contribution in [-0.2, 0) is 14.4 Å². The largest absolute Gasteiger partial charge is 0.481 e. The zero-order chi connectivity index (χ0) is 14.7. The summed E-state index contributed by atoms with van der Waals surface area (Å²) in [6, 6.07) is -0.549. The van der Waals surface area contributed by atoms with Crippen molar-refractivity contribution >= 4 is 17.8 Å². The van der Waals surface area contributed by atoms with Gasteiger partial charge in [0.25, 0.3) is 0 Å². The number of hydrogen-bond acceptors (Lipinski definition) is 3. The van der Waals surface area contributed by atoms with Gasteiger partial charge in [0.1, 0.15) is 6.04 Å². The first-order valence-electron chi connectivity index (χ1n) is 7.31. The van der Waals surface area contributed by atoms with Gasteiger partial charge >= 0.3 is 5.97 Å². The highest BCUT2D eigenvalue weighted by Gasteiger charge is 2.40. The Morgan fingerprint density at radius 2 is 2.00 bits per heavy atom. The molecule has 2 fully saturated rings. The zero-order valence-corrected chi connectivity index (χ0v) is 11.8. The average molecular weight is 282 g/mol. The van der Waals surface area contributed by atoms with Gasteiger partial charge in [-0.3, -0.25) is 14.4 Å². The third-order valence-corrected chi connectivity index (χ3v) is 3.94. The molecule has 1 heterocycles. The highest BCUT2D eigenvalue weighted by atomic mass is 16.4. The van der Waals surface area contributed by atoms with Crippen molar-refractivity contribution in [2.75, 3.05) is 6.54 Å². The van der Waals surface area contributed by atoms with Crippen molar-refractivity contribution < 1.29 is 19.5 Å². The number of likely N-dealkylation sites (tertiary alicyclic amines) is 1. The van der Waals surface area contributed by atoms with E-state index in [4.69, 9.17) is 5.11 Å². The molecule has 0 bridgehead atoms. The quantitative estimate of drug-likeness (QED) is 0.753. The molecule has 1 aliphatic heterocycles. The second kappa shape index (κ2) is 6.24. The molecule has 0 aromatic heterocycles. The molecule has 2 aliphatic rings. The molecule has 6 heteroatoms. The molecular formula is C14H22N2O4. The Kier molecular flexibility index (Phi) is 4.62. The van der Waals surface area contributed by atoms with Crippen molar-refractivity contribution in [3.63, 3.8) is 0 Å². The Morgan fingerprint density at radius 1 is 1.30 bits per heavy atom. The molecule has 0 aromatic rings. The molecule has 2 atom stereocenters. The Labute approximate surface area is 118 Å². The highest BCUT2D eigenvalue weighted by Crippen LogP contribution is 2.33. The number of rotatable bonds is 6. The lowest BCUT2D eigenvalue weighted by molar-refractivity contribution is -0.139. The highest BCUT2D eigenvalue weighted by molar-refractivity contribution is 5.90. The van der Waals surface area contributed by atoms with Crippen LogP contribution in [0.25, 0.3) is 0 Å². The number of carboxylic acid groups (broad SMARTS) is 1. The smallest absolute Gasteiger partial charge is 0.303 e. The van der Waals surface area contributed by atoms with Crippen LogP contribution in [-0.4, -0.2) is 46.4 Å². The molecule has 2 N–H and O–H groups in total. The lowest BCUT2D eigenvalue weighted by Gasteiger charge is -2.25. The first kappa shape index (κ1) is 14.8. The van der Waals surface area contributed by atoms with E-state index in [0.29, 0.717) is 19.4 Å². The third kappa shape index (κ3) is 3.71. The maximum atomic E-state index is 12.2. The van der Waals surface area contributed by atoms with Gasteiger partial charge in [0, 0.05) is 24.9 Å². The molecule has 1 aliphatic carbocycles. The van der Waals surface area contributed by atoms with E-state index < -0.39 is 5.97 Å². The number of nitrogens with zero attached hydrogens (tertiary/aromatic N) is 1. The number of carboxylic acids is 1. The molecule has 2 unspecified atom stereocenters. The van der Waals surface area contributed by atoms with Gasteiger partial charge in [0.15, 0.2) is 0 Å². The molecule has 2 amide bonds. The van der Waals surface area contributed by atoms with E-state index in [0.717, 1.165) is 19.3 Å². The molecular weight excluding hydrogens is 260 g/mol. The Balaban J connectivity index is 1.84. The fraction of sp³-hybridized carbons (Fsp3) is 0.786. The number of amides is 2. The lowest BCUT2D eigenvalue weighted by atomic mass is 10.1. The van der Waals surface area contributed by atoms with Gasteiger partial charge in [-0.1, -0.05) is 0 Å². The van der Waals surface area contributed by atoms with Crippen LogP contribution >= 0.6 is 0 Å². The fourth-order valence-electron chi connectivity index (χ4n) is 2.62. The third-order valence-electron chi connectivity index (χ3n) is 3.94. The number of carbonyl (C=O) groups is 3. The topological polar surface area (TPSA) is 86.7 Å². The molecule has 1 saturated heterocycles. The summed E-state index contributed by atoms with van der Waals surface area (Å²) in [4.78, 5) is 36.5. The number of hydrogen-bond donors (Lipinski definition) is 2. The van der Waals surface area contributed by atoms with Crippen LogP contribution < -0.4 is 5.32 Å². The summed E-state index contributed by atoms with van der Waals surface area (Å²) < 4.78 is 0. The standard InChI is InChI=1S/C14H22N2O4/c1-9(4-7-12(17)18)15-13(19)11-3-2-8-16(11)14(20)10-5-6-10/h9-11H,2-8H2,1H3,(H,15,19)(H,17,18). The Bertz CT molecular complexity index is 406. The van der Waals surface area contributed by atoms with E-state index in [1.807, 2.05) is 0 Å². The average Bonchev–Trinajstić information content (AvgIpc) is 3.12. The maximum absolute atomic E-state index is 12.2. The van der Waals surface area contributed by atoms with Crippen LogP contribution in [0.3, 0.4) is 0 Å². The van der Waals surface area contributed by atoms with Gasteiger partial charge in [-0.15, -0.1) is 0 Å². The van der Waals surface area contributed by atoms with Crippen LogP contribution in [0.2, 0.25) is 0 Å². The van der Waals surface area contributed by atoms with E-state index in [2.05, 4.69) is 5.32 Å². The summed E-state index contributed by atoms with van der Waals surface area (Å²) in [5.74, 6) is -0.763. The van der Waals surface area contributed by atoms with Crippen molar-refractivity contribution in [2.45, 2.75) is 57.5 Å². The molecule has 2 rings (SSSR count). The zero-order valence-electron chi connectivity index (χ0n) is 11.8. The first-order valence-corrected chi connectivity index (χ1v) is 7.31. The van der Waals surface area contributed by atoms with E-state index in [9.17, 15) is 14.4 Å². The maximum Gasteiger partial charge on any atom is 0.303 e. The lowest BCUT2D eigenvalue weighted by Crippen LogP contribution is -2.48. The minimum Gasteiger partial charge on any atom is -0.481 e. The minimum absolute atomic E-state index is 0.0385. The Morgan fingerprint density at radius 3 is 2.60 bits per heavy atom. The second-order valence-electron chi connectivity index (χ2n) is 5.81. The number of aliphatic carboxylic acids is 1. The second-order valence-corrected chi connectivity index (χ2v) is 5.81. The molecule has 0 aromatic carbocycles. The van der Waals surface area contributed by atoms with Gasteiger partial charge in [-0.2, -0.15) is 0 Å². The van der Waals surface area contributed by atoms with Crippen LogP contribution in [0.5, 0.6) is 0 Å². The summed E-state index contributed by atoms with van der Waals surface area (Å²) in [5, 5.41) is 11.5. The molecule has 0 spiro atoms. The SMILES string of the molecule is CC(CCC(=O)O)NC(=O)C1CCCN1C(=O)C1CC1. The van der Waals surface area contributed by atoms with Crippen molar-refractivity contribution in [3.8, 4) is 0 Å². The van der Waals surface area contributed by atoms with Crippen LogP contribution in [0, 0.1) is 5.92 Å². The molecule has 20 heavy (non-hydrogen) atoms. The first-order chi connectivity index (χ1) is 9.49. The minimum atomic E-state index is -0.863. The van der Waals surface area contributed by atoms with E-state index in [1.54, 1.807) is 11.8 Å². The Hall–Kier alpha value is -1.59. The number of carbonyl (C=O) groups excluding carboxylic acids is 2. The summed E-state index contributed by atoms with van der Waals surface area (Å²) >= 11 is 0. The molecule has 0 radical (unpaired) electrons. The molecule has 6 nitrogen and oxygen atoms in total. The molecule has 1 saturated carbocycles. The van der Waals surface area contributed by atoms with Crippen molar-refractivity contribution in [1.29, 1.82) is 0 Å². The summed E-state index contributed by atoms with van der Waals surface area (Å²) in [6.07, 6.45) is 3.90. The molecule has 112 valence electrons. The predicted molar refractivity (Wildman–Crippen MR) is 71.9 cm³/mol. The van der Waals surface area contributed by atoms with Crippen molar-refractivity contribution in [3.05, 3.63) is 0 Å². The van der Waals surface area contributed by atoms with Crippen molar-refractivity contribution in [1.82, 2.24) is 10.2 Å².